The maximum absolute atomic E-state index is 12.6. The smallest absolute Gasteiger partial charge is 0.233 e. The molecule has 1 heterocycles. The van der Waals surface area contributed by atoms with Crippen LogP contribution in [0.25, 0.3) is 0 Å². The minimum atomic E-state index is -0.427. The summed E-state index contributed by atoms with van der Waals surface area (Å²) >= 11 is 1.23. The number of benzene rings is 2. The van der Waals surface area contributed by atoms with Crippen molar-refractivity contribution in [1.29, 1.82) is 0 Å². The molecule has 34 heavy (non-hydrogen) atoms. The van der Waals surface area contributed by atoms with Crippen molar-refractivity contribution in [3.63, 3.8) is 0 Å². The topological polar surface area (TPSA) is 114 Å². The second-order valence-corrected chi connectivity index (χ2v) is 9.26. The van der Waals surface area contributed by atoms with Crippen LogP contribution in [0.2, 0.25) is 0 Å². The molecule has 0 aliphatic carbocycles. The molecule has 3 rings (SSSR count). The Morgan fingerprint density at radius 3 is 2.41 bits per heavy atom. The van der Waals surface area contributed by atoms with E-state index in [1.165, 1.54) is 22.0 Å². The van der Waals surface area contributed by atoms with E-state index in [4.69, 9.17) is 20.1 Å². The molecule has 0 radical (unpaired) electrons. The fraction of sp³-hybridized carbons (Fsp3) is 0.375. The molecule has 0 saturated carbocycles. The molecule has 0 fully saturated rings. The lowest BCUT2D eigenvalue weighted by atomic mass is 10.0. The Kier molecular flexibility index (Phi) is 8.64. The summed E-state index contributed by atoms with van der Waals surface area (Å²) in [6.07, 6.45) is 0. The van der Waals surface area contributed by atoms with Crippen molar-refractivity contribution in [2.45, 2.75) is 50.2 Å². The molecule has 0 saturated heterocycles. The molecule has 3 aromatic rings. The Hall–Kier alpha value is -3.40. The number of hydrogen-bond donors (Lipinski definition) is 2. The van der Waals surface area contributed by atoms with E-state index in [9.17, 15) is 4.79 Å². The van der Waals surface area contributed by atoms with Crippen LogP contribution in [-0.4, -0.2) is 40.3 Å². The summed E-state index contributed by atoms with van der Waals surface area (Å²) < 4.78 is 17.7. The Morgan fingerprint density at radius 1 is 1.06 bits per heavy atom. The molecule has 10 heteroatoms. The average Bonchev–Trinajstić information content (AvgIpc) is 3.19. The number of ether oxygens (including phenoxy) is 3. The Morgan fingerprint density at radius 2 is 1.76 bits per heavy atom. The van der Waals surface area contributed by atoms with Gasteiger partial charge in [-0.3, -0.25) is 4.79 Å². The summed E-state index contributed by atoms with van der Waals surface area (Å²) in [5.74, 6) is 8.89. The van der Waals surface area contributed by atoms with Gasteiger partial charge in [0.15, 0.2) is 17.3 Å². The van der Waals surface area contributed by atoms with Crippen molar-refractivity contribution in [1.82, 2.24) is 20.2 Å². The molecule has 0 bridgehead atoms. The van der Waals surface area contributed by atoms with E-state index < -0.39 is 5.25 Å². The monoisotopic (exact) mass is 485 g/mol. The van der Waals surface area contributed by atoms with Gasteiger partial charge >= 0.3 is 0 Å². The van der Waals surface area contributed by atoms with Crippen molar-refractivity contribution in [2.75, 3.05) is 20.1 Å². The van der Waals surface area contributed by atoms with Gasteiger partial charge in [0.1, 0.15) is 12.4 Å². The highest BCUT2D eigenvalue weighted by Gasteiger charge is 2.19. The minimum absolute atomic E-state index is 0.147. The van der Waals surface area contributed by atoms with Crippen LogP contribution >= 0.6 is 11.8 Å². The first-order valence-corrected chi connectivity index (χ1v) is 11.8. The number of nitrogens with two attached hydrogens (primary N) is 1. The number of carbonyl (C=O) groups excluding carboxylic acids is 1. The van der Waals surface area contributed by atoms with Crippen molar-refractivity contribution < 1.29 is 19.0 Å². The zero-order valence-corrected chi connectivity index (χ0v) is 20.9. The molecular formula is C24H31N5O4S. The normalized spacial score (nSPS) is 11.8. The van der Waals surface area contributed by atoms with Crippen LogP contribution in [-0.2, 0) is 17.9 Å². The number of nitrogen functional groups attached to an aromatic ring is 1. The highest BCUT2D eigenvalue weighted by Crippen LogP contribution is 2.28. The Balaban J connectivity index is 1.52. The van der Waals surface area contributed by atoms with E-state index in [2.05, 4.69) is 29.4 Å². The largest absolute Gasteiger partial charge is 0.493 e. The van der Waals surface area contributed by atoms with Crippen molar-refractivity contribution in [3.05, 3.63) is 59.4 Å². The number of rotatable bonds is 11. The first-order valence-electron chi connectivity index (χ1n) is 10.9. The molecule has 3 N–H and O–H groups in total. The predicted octanol–water partition coefficient (Wildman–Crippen LogP) is 3.51. The van der Waals surface area contributed by atoms with E-state index in [0.717, 1.165) is 11.3 Å². The van der Waals surface area contributed by atoms with Gasteiger partial charge in [0.05, 0.1) is 19.5 Å². The second kappa shape index (κ2) is 11.6. The van der Waals surface area contributed by atoms with E-state index in [1.807, 2.05) is 36.4 Å². The van der Waals surface area contributed by atoms with Crippen LogP contribution in [0.15, 0.2) is 47.6 Å². The Bertz CT molecular complexity index is 1100. The summed E-state index contributed by atoms with van der Waals surface area (Å²) in [4.78, 5) is 12.6. The molecule has 0 aliphatic heterocycles. The van der Waals surface area contributed by atoms with Crippen LogP contribution < -0.4 is 25.4 Å². The molecular weight excluding hydrogens is 454 g/mol. The number of hydrogen-bond acceptors (Lipinski definition) is 8. The fourth-order valence-corrected chi connectivity index (χ4v) is 3.93. The van der Waals surface area contributed by atoms with Gasteiger partial charge < -0.3 is 25.4 Å². The first kappa shape index (κ1) is 25.2. The maximum Gasteiger partial charge on any atom is 0.233 e. The van der Waals surface area contributed by atoms with Crippen LogP contribution in [0.3, 0.4) is 0 Å². The van der Waals surface area contributed by atoms with E-state index >= 15 is 0 Å². The summed E-state index contributed by atoms with van der Waals surface area (Å²) in [6, 6.07) is 13.4. The summed E-state index contributed by atoms with van der Waals surface area (Å²) in [6.45, 7) is 6.60. The minimum Gasteiger partial charge on any atom is -0.493 e. The average molecular weight is 486 g/mol. The number of nitrogens with one attached hydrogen (secondary N) is 1. The molecule has 0 aliphatic rings. The van der Waals surface area contributed by atoms with E-state index in [-0.39, 0.29) is 12.5 Å². The number of amides is 1. The predicted molar refractivity (Wildman–Crippen MR) is 132 cm³/mol. The van der Waals surface area contributed by atoms with Gasteiger partial charge in [0.25, 0.3) is 0 Å². The number of carbonyl (C=O) groups is 1. The number of methoxy groups -OCH3 is 2. The molecule has 1 aromatic heterocycles. The lowest BCUT2D eigenvalue weighted by Crippen LogP contribution is -2.31. The van der Waals surface area contributed by atoms with Gasteiger partial charge in [-0.25, -0.2) is 4.68 Å². The third-order valence-electron chi connectivity index (χ3n) is 5.22. The summed E-state index contributed by atoms with van der Waals surface area (Å²) in [5, 5.41) is 11.1. The summed E-state index contributed by atoms with van der Waals surface area (Å²) in [7, 11) is 3.15. The van der Waals surface area contributed by atoms with Crippen molar-refractivity contribution in [3.8, 4) is 17.2 Å². The number of nitrogens with zero attached hydrogens (tertiary/aromatic N) is 3. The standard InChI is InChI=1S/C24H31N5O4S/c1-15(2)18-7-9-19(10-8-18)33-14-22-27-28-24(29(22)25)34-16(3)23(30)26-13-17-6-11-20(31-4)21(12-17)32-5/h6-12,15-16H,13-14,25H2,1-5H3,(H,26,30). The van der Waals surface area contributed by atoms with E-state index in [1.54, 1.807) is 27.2 Å². The third kappa shape index (κ3) is 6.34. The van der Waals surface area contributed by atoms with Crippen LogP contribution in [0.4, 0.5) is 0 Å². The lowest BCUT2D eigenvalue weighted by molar-refractivity contribution is -0.120. The maximum atomic E-state index is 12.6. The first-order chi connectivity index (χ1) is 16.3. The SMILES string of the molecule is COc1ccc(CNC(=O)C(C)Sc2nnc(COc3ccc(C(C)C)cc3)n2N)cc1OC. The zero-order chi connectivity index (χ0) is 24.7. The van der Waals surface area contributed by atoms with Crippen LogP contribution in [0.1, 0.15) is 43.6 Å². The fourth-order valence-electron chi connectivity index (χ4n) is 3.12. The van der Waals surface area contributed by atoms with Crippen LogP contribution in [0.5, 0.6) is 17.2 Å². The van der Waals surface area contributed by atoms with Gasteiger partial charge in [0, 0.05) is 6.54 Å². The number of aromatic nitrogens is 3. The highest BCUT2D eigenvalue weighted by atomic mass is 32.2. The third-order valence-corrected chi connectivity index (χ3v) is 6.27. The molecule has 1 atom stereocenters. The van der Waals surface area contributed by atoms with Gasteiger partial charge in [0.2, 0.25) is 11.1 Å². The molecule has 2 aromatic carbocycles. The lowest BCUT2D eigenvalue weighted by Gasteiger charge is -2.13. The highest BCUT2D eigenvalue weighted by molar-refractivity contribution is 8.00. The van der Waals surface area contributed by atoms with Gasteiger partial charge in [-0.05, 0) is 48.2 Å². The molecule has 9 nitrogen and oxygen atoms in total. The molecule has 1 unspecified atom stereocenters. The van der Waals surface area contributed by atoms with Crippen molar-refractivity contribution in [2.24, 2.45) is 0 Å². The van der Waals surface area contributed by atoms with Crippen molar-refractivity contribution >= 4 is 17.7 Å². The van der Waals surface area contributed by atoms with Gasteiger partial charge in [-0.15, -0.1) is 10.2 Å². The second-order valence-electron chi connectivity index (χ2n) is 7.95. The summed E-state index contributed by atoms with van der Waals surface area (Å²) in [5.41, 5.74) is 2.14. The number of thioether (sulfide) groups is 1. The Labute approximate surface area is 204 Å². The molecule has 182 valence electrons. The molecule has 0 spiro atoms. The zero-order valence-electron chi connectivity index (χ0n) is 20.1. The van der Waals surface area contributed by atoms with Gasteiger partial charge in [-0.1, -0.05) is 43.8 Å². The quantitative estimate of drug-likeness (QED) is 0.313. The van der Waals surface area contributed by atoms with Crippen LogP contribution in [0, 0.1) is 0 Å². The molecule has 1 amide bonds. The van der Waals surface area contributed by atoms with E-state index in [0.29, 0.717) is 34.9 Å². The van der Waals surface area contributed by atoms with Gasteiger partial charge in [-0.2, -0.15) is 0 Å².